The Labute approximate surface area is 118 Å². The summed E-state index contributed by atoms with van der Waals surface area (Å²) >= 11 is 3.44. The Hall–Kier alpha value is -1.62. The Bertz CT molecular complexity index is 605. The van der Waals surface area contributed by atoms with Gasteiger partial charge < -0.3 is 9.72 Å². The zero-order chi connectivity index (χ0) is 14.0. The number of carbonyl (C=O) groups is 1. The largest absolute Gasteiger partial charge is 0.461 e. The Morgan fingerprint density at radius 1 is 1.37 bits per heavy atom. The first-order chi connectivity index (χ1) is 9.04. The summed E-state index contributed by atoms with van der Waals surface area (Å²) in [6.07, 6.45) is 0. The van der Waals surface area contributed by atoms with Crippen molar-refractivity contribution in [3.63, 3.8) is 0 Å². The van der Waals surface area contributed by atoms with E-state index in [1.165, 1.54) is 12.1 Å². The third-order valence-corrected chi connectivity index (χ3v) is 3.71. The number of nitrogens with one attached hydrogen (secondary N) is 1. The van der Waals surface area contributed by atoms with Crippen LogP contribution in [0.15, 0.2) is 28.7 Å². The molecule has 0 aliphatic rings. The minimum atomic E-state index is -0.421. The normalized spacial score (nSPS) is 10.5. The average Bonchev–Trinajstić information content (AvgIpc) is 2.68. The molecule has 1 aromatic carbocycles. The van der Waals surface area contributed by atoms with Crippen LogP contribution in [0.25, 0.3) is 11.1 Å². The number of aromatic nitrogens is 1. The van der Waals surface area contributed by atoms with Crippen molar-refractivity contribution in [2.75, 3.05) is 6.61 Å². The first-order valence-electron chi connectivity index (χ1n) is 5.85. The van der Waals surface area contributed by atoms with Crippen LogP contribution in [0.5, 0.6) is 0 Å². The first-order valence-corrected chi connectivity index (χ1v) is 6.65. The lowest BCUT2D eigenvalue weighted by Crippen LogP contribution is -2.06. The van der Waals surface area contributed by atoms with Gasteiger partial charge in [0.15, 0.2) is 0 Å². The van der Waals surface area contributed by atoms with Crippen LogP contribution in [-0.4, -0.2) is 17.6 Å². The van der Waals surface area contributed by atoms with Crippen molar-refractivity contribution < 1.29 is 13.9 Å². The molecular formula is C14H13BrFNO2. The summed E-state index contributed by atoms with van der Waals surface area (Å²) in [5.41, 5.74) is 2.64. The van der Waals surface area contributed by atoms with Crippen LogP contribution < -0.4 is 0 Å². The highest BCUT2D eigenvalue weighted by molar-refractivity contribution is 9.10. The first kappa shape index (κ1) is 13.8. The van der Waals surface area contributed by atoms with Gasteiger partial charge in [-0.15, -0.1) is 0 Å². The number of carbonyl (C=O) groups excluding carboxylic acids is 1. The summed E-state index contributed by atoms with van der Waals surface area (Å²) < 4.78 is 18.8. The number of rotatable bonds is 3. The molecule has 1 heterocycles. The molecule has 100 valence electrons. The number of benzene rings is 1. The maximum absolute atomic E-state index is 13.0. The molecule has 0 aliphatic heterocycles. The van der Waals surface area contributed by atoms with Crippen molar-refractivity contribution in [1.82, 2.24) is 4.98 Å². The van der Waals surface area contributed by atoms with E-state index >= 15 is 0 Å². The highest BCUT2D eigenvalue weighted by Crippen LogP contribution is 2.34. The van der Waals surface area contributed by atoms with Gasteiger partial charge in [-0.05, 0) is 47.5 Å². The Morgan fingerprint density at radius 3 is 2.58 bits per heavy atom. The van der Waals surface area contributed by atoms with Crippen molar-refractivity contribution in [3.05, 3.63) is 45.9 Å². The molecular weight excluding hydrogens is 313 g/mol. The third-order valence-electron chi connectivity index (χ3n) is 2.72. The van der Waals surface area contributed by atoms with Gasteiger partial charge in [0.25, 0.3) is 0 Å². The number of esters is 1. The molecule has 0 unspecified atom stereocenters. The third kappa shape index (κ3) is 2.71. The van der Waals surface area contributed by atoms with Crippen LogP contribution in [0.1, 0.15) is 23.1 Å². The predicted octanol–water partition coefficient (Wildman–Crippen LogP) is 4.07. The molecule has 0 bridgehead atoms. The van der Waals surface area contributed by atoms with Crippen molar-refractivity contribution >= 4 is 21.9 Å². The Balaban J connectivity index is 2.55. The van der Waals surface area contributed by atoms with Crippen LogP contribution in [0.3, 0.4) is 0 Å². The zero-order valence-corrected chi connectivity index (χ0v) is 12.2. The molecule has 2 rings (SSSR count). The Kier molecular flexibility index (Phi) is 4.04. The number of hydrogen-bond donors (Lipinski definition) is 1. The molecule has 5 heteroatoms. The van der Waals surface area contributed by atoms with Gasteiger partial charge >= 0.3 is 5.97 Å². The van der Waals surface area contributed by atoms with Crippen LogP contribution >= 0.6 is 15.9 Å². The molecule has 3 nitrogen and oxygen atoms in total. The SMILES string of the molecule is CCOC(=O)c1[nH]c(C)c(Br)c1-c1ccc(F)cc1. The van der Waals surface area contributed by atoms with E-state index in [2.05, 4.69) is 20.9 Å². The summed E-state index contributed by atoms with van der Waals surface area (Å²) in [5.74, 6) is -0.736. The molecule has 19 heavy (non-hydrogen) atoms. The van der Waals surface area contributed by atoms with E-state index in [-0.39, 0.29) is 5.82 Å². The van der Waals surface area contributed by atoms with Gasteiger partial charge in [-0.2, -0.15) is 0 Å². The molecule has 1 aromatic heterocycles. The van der Waals surface area contributed by atoms with Crippen molar-refractivity contribution in [2.24, 2.45) is 0 Å². The Morgan fingerprint density at radius 2 is 2.00 bits per heavy atom. The molecule has 0 amide bonds. The standard InChI is InChI=1S/C14H13BrFNO2/c1-3-19-14(18)13-11(12(15)8(2)17-13)9-4-6-10(16)7-5-9/h4-7,17H,3H2,1-2H3. The van der Waals surface area contributed by atoms with Gasteiger partial charge in [-0.25, -0.2) is 9.18 Å². The number of hydrogen-bond acceptors (Lipinski definition) is 2. The monoisotopic (exact) mass is 325 g/mol. The van der Waals surface area contributed by atoms with E-state index in [1.807, 2.05) is 6.92 Å². The molecule has 2 aromatic rings. The van der Waals surface area contributed by atoms with Gasteiger partial charge in [0, 0.05) is 15.7 Å². The van der Waals surface area contributed by atoms with Gasteiger partial charge in [-0.1, -0.05) is 12.1 Å². The summed E-state index contributed by atoms with van der Waals surface area (Å²) in [5, 5.41) is 0. The second-order valence-corrected chi connectivity index (χ2v) is 4.83. The molecule has 0 aliphatic carbocycles. The fourth-order valence-corrected chi connectivity index (χ4v) is 2.37. The van der Waals surface area contributed by atoms with E-state index in [9.17, 15) is 9.18 Å². The maximum Gasteiger partial charge on any atom is 0.355 e. The highest BCUT2D eigenvalue weighted by Gasteiger charge is 2.21. The van der Waals surface area contributed by atoms with Gasteiger partial charge in [-0.3, -0.25) is 0 Å². The number of aryl methyl sites for hydroxylation is 1. The molecule has 0 spiro atoms. The van der Waals surface area contributed by atoms with E-state index in [1.54, 1.807) is 19.1 Å². The van der Waals surface area contributed by atoms with Crippen LogP contribution in [0.2, 0.25) is 0 Å². The molecule has 0 saturated heterocycles. The minimum Gasteiger partial charge on any atom is -0.461 e. The quantitative estimate of drug-likeness (QED) is 0.864. The zero-order valence-electron chi connectivity index (χ0n) is 10.6. The maximum atomic E-state index is 13.0. The lowest BCUT2D eigenvalue weighted by Gasteiger charge is -2.05. The lowest BCUT2D eigenvalue weighted by atomic mass is 10.1. The number of halogens is 2. The van der Waals surface area contributed by atoms with Crippen molar-refractivity contribution in [2.45, 2.75) is 13.8 Å². The van der Waals surface area contributed by atoms with Crippen LogP contribution in [0.4, 0.5) is 4.39 Å². The van der Waals surface area contributed by atoms with E-state index < -0.39 is 5.97 Å². The molecule has 0 fully saturated rings. The second kappa shape index (κ2) is 5.57. The van der Waals surface area contributed by atoms with Crippen molar-refractivity contribution in [1.29, 1.82) is 0 Å². The minimum absolute atomic E-state index is 0.303. The van der Waals surface area contributed by atoms with Crippen molar-refractivity contribution in [3.8, 4) is 11.1 Å². The van der Waals surface area contributed by atoms with Gasteiger partial charge in [0.2, 0.25) is 0 Å². The van der Waals surface area contributed by atoms with E-state index in [4.69, 9.17) is 4.74 Å². The number of ether oxygens (including phenoxy) is 1. The van der Waals surface area contributed by atoms with Crippen LogP contribution in [-0.2, 0) is 4.74 Å². The molecule has 1 N–H and O–H groups in total. The summed E-state index contributed by atoms with van der Waals surface area (Å²) in [6.45, 7) is 3.90. The second-order valence-electron chi connectivity index (χ2n) is 4.04. The molecule has 0 atom stereocenters. The molecule has 0 radical (unpaired) electrons. The average molecular weight is 326 g/mol. The lowest BCUT2D eigenvalue weighted by molar-refractivity contribution is 0.0521. The van der Waals surface area contributed by atoms with Gasteiger partial charge in [0.05, 0.1) is 6.61 Å². The summed E-state index contributed by atoms with van der Waals surface area (Å²) in [7, 11) is 0. The van der Waals surface area contributed by atoms with E-state index in [0.29, 0.717) is 17.9 Å². The van der Waals surface area contributed by atoms with Crippen LogP contribution in [0, 0.1) is 12.7 Å². The molecule has 0 saturated carbocycles. The predicted molar refractivity (Wildman–Crippen MR) is 74.6 cm³/mol. The fraction of sp³-hybridized carbons (Fsp3) is 0.214. The summed E-state index contributed by atoms with van der Waals surface area (Å²) in [4.78, 5) is 14.9. The number of H-pyrrole nitrogens is 1. The number of aromatic amines is 1. The smallest absolute Gasteiger partial charge is 0.355 e. The highest BCUT2D eigenvalue weighted by atomic mass is 79.9. The van der Waals surface area contributed by atoms with Gasteiger partial charge in [0.1, 0.15) is 11.5 Å². The fourth-order valence-electron chi connectivity index (χ4n) is 1.85. The summed E-state index contributed by atoms with van der Waals surface area (Å²) in [6, 6.07) is 5.98. The topological polar surface area (TPSA) is 42.1 Å². The van der Waals surface area contributed by atoms with E-state index in [0.717, 1.165) is 15.7 Å².